The largest absolute Gasteiger partial charge is 0.334 e. The third kappa shape index (κ3) is 4.32. The van der Waals surface area contributed by atoms with Crippen LogP contribution in [0.25, 0.3) is 0 Å². The number of aryl methyl sites for hydroxylation is 1. The molecule has 1 saturated heterocycles. The number of carbonyl (C=O) groups excluding carboxylic acids is 1. The highest BCUT2D eigenvalue weighted by molar-refractivity contribution is 5.74. The second kappa shape index (κ2) is 7.93. The number of urea groups is 1. The molecule has 0 saturated carbocycles. The maximum atomic E-state index is 12.3. The van der Waals surface area contributed by atoms with Crippen LogP contribution in [-0.4, -0.2) is 47.0 Å². The van der Waals surface area contributed by atoms with Crippen LogP contribution < -0.4 is 5.32 Å². The van der Waals surface area contributed by atoms with Gasteiger partial charge < -0.3 is 10.2 Å². The van der Waals surface area contributed by atoms with Gasteiger partial charge in [0, 0.05) is 51.7 Å². The fourth-order valence-electron chi connectivity index (χ4n) is 2.93. The van der Waals surface area contributed by atoms with Crippen molar-refractivity contribution in [3.63, 3.8) is 0 Å². The van der Waals surface area contributed by atoms with E-state index in [1.165, 1.54) is 11.1 Å². The molecule has 2 amide bonds. The number of benzene rings is 1. The molecule has 1 N–H and O–H groups in total. The first-order valence-electron chi connectivity index (χ1n) is 8.41. The van der Waals surface area contributed by atoms with Crippen LogP contribution in [0.2, 0.25) is 0 Å². The Kier molecular flexibility index (Phi) is 5.43. The molecule has 0 aliphatic carbocycles. The van der Waals surface area contributed by atoms with Crippen molar-refractivity contribution < 1.29 is 4.79 Å². The minimum Gasteiger partial charge on any atom is -0.334 e. The highest BCUT2D eigenvalue weighted by Gasteiger charge is 2.21. The Morgan fingerprint density at radius 3 is 2.50 bits per heavy atom. The van der Waals surface area contributed by atoms with Gasteiger partial charge in [0.1, 0.15) is 0 Å². The second-order valence-corrected chi connectivity index (χ2v) is 6.20. The van der Waals surface area contributed by atoms with Gasteiger partial charge in [0.2, 0.25) is 0 Å². The van der Waals surface area contributed by atoms with Gasteiger partial charge in [0.05, 0.1) is 0 Å². The van der Waals surface area contributed by atoms with Crippen molar-refractivity contribution in [1.82, 2.24) is 20.1 Å². The Hall–Kier alpha value is -2.40. The molecule has 1 aromatic carbocycles. The molecule has 5 nitrogen and oxygen atoms in total. The van der Waals surface area contributed by atoms with Crippen LogP contribution in [0.15, 0.2) is 48.8 Å². The smallest absolute Gasteiger partial charge is 0.317 e. The highest BCUT2D eigenvalue weighted by Crippen LogP contribution is 2.12. The summed E-state index contributed by atoms with van der Waals surface area (Å²) < 4.78 is 0. The summed E-state index contributed by atoms with van der Waals surface area (Å²) >= 11 is 0. The molecule has 0 spiro atoms. The van der Waals surface area contributed by atoms with E-state index in [1.807, 2.05) is 17.0 Å². The van der Waals surface area contributed by atoms with Gasteiger partial charge in [-0.1, -0.05) is 24.3 Å². The monoisotopic (exact) mass is 324 g/mol. The van der Waals surface area contributed by atoms with E-state index in [1.54, 1.807) is 12.4 Å². The lowest BCUT2D eigenvalue weighted by Crippen LogP contribution is -2.51. The maximum Gasteiger partial charge on any atom is 0.317 e. The summed E-state index contributed by atoms with van der Waals surface area (Å²) in [5, 5.41) is 2.98. The van der Waals surface area contributed by atoms with E-state index in [-0.39, 0.29) is 6.03 Å². The van der Waals surface area contributed by atoms with Crippen molar-refractivity contribution >= 4 is 6.03 Å². The standard InChI is InChI=1S/C19H24N4O/c1-16-4-2-3-5-18(16)15-22-10-12-23(13-11-22)19(24)21-14-17-6-8-20-9-7-17/h2-9H,10-15H2,1H3,(H,21,24). The fourth-order valence-corrected chi connectivity index (χ4v) is 2.93. The lowest BCUT2D eigenvalue weighted by Gasteiger charge is -2.35. The van der Waals surface area contributed by atoms with Crippen molar-refractivity contribution in [2.45, 2.75) is 20.0 Å². The zero-order chi connectivity index (χ0) is 16.8. The first kappa shape index (κ1) is 16.5. The molecule has 0 radical (unpaired) electrons. The van der Waals surface area contributed by atoms with Crippen molar-refractivity contribution in [2.75, 3.05) is 26.2 Å². The maximum absolute atomic E-state index is 12.3. The first-order valence-corrected chi connectivity index (χ1v) is 8.41. The first-order chi connectivity index (χ1) is 11.7. The number of hydrogen-bond acceptors (Lipinski definition) is 3. The van der Waals surface area contributed by atoms with Gasteiger partial charge in [-0.05, 0) is 35.7 Å². The average molecular weight is 324 g/mol. The van der Waals surface area contributed by atoms with Crippen molar-refractivity contribution in [3.05, 3.63) is 65.5 Å². The predicted octanol–water partition coefficient (Wildman–Crippen LogP) is 2.42. The van der Waals surface area contributed by atoms with Crippen LogP contribution in [0.5, 0.6) is 0 Å². The number of nitrogens with one attached hydrogen (secondary N) is 1. The third-order valence-corrected chi connectivity index (χ3v) is 4.51. The van der Waals surface area contributed by atoms with Crippen molar-refractivity contribution in [2.24, 2.45) is 0 Å². The fraction of sp³-hybridized carbons (Fsp3) is 0.368. The van der Waals surface area contributed by atoms with Gasteiger partial charge >= 0.3 is 6.03 Å². The number of pyridine rings is 1. The van der Waals surface area contributed by atoms with E-state index in [0.717, 1.165) is 38.3 Å². The molecular formula is C19H24N4O. The zero-order valence-electron chi connectivity index (χ0n) is 14.1. The quantitative estimate of drug-likeness (QED) is 0.939. The lowest BCUT2D eigenvalue weighted by molar-refractivity contribution is 0.135. The number of carbonyl (C=O) groups is 1. The van der Waals surface area contributed by atoms with Crippen LogP contribution in [0.4, 0.5) is 4.79 Å². The number of rotatable bonds is 4. The van der Waals surface area contributed by atoms with Crippen molar-refractivity contribution in [1.29, 1.82) is 0 Å². The molecule has 2 aromatic rings. The van der Waals surface area contributed by atoms with Crippen molar-refractivity contribution in [3.8, 4) is 0 Å². The molecule has 1 aromatic heterocycles. The Bertz CT molecular complexity index is 666. The minimum absolute atomic E-state index is 0.0161. The van der Waals surface area contributed by atoms with E-state index < -0.39 is 0 Å². The van der Waals surface area contributed by atoms with Crippen LogP contribution in [0.1, 0.15) is 16.7 Å². The third-order valence-electron chi connectivity index (χ3n) is 4.51. The molecular weight excluding hydrogens is 300 g/mol. The van der Waals surface area contributed by atoms with Gasteiger partial charge in [0.15, 0.2) is 0 Å². The van der Waals surface area contributed by atoms with E-state index in [0.29, 0.717) is 6.54 Å². The van der Waals surface area contributed by atoms with E-state index in [9.17, 15) is 4.79 Å². The molecule has 1 fully saturated rings. The molecule has 3 rings (SSSR count). The van der Waals surface area contributed by atoms with Crippen LogP contribution in [0, 0.1) is 6.92 Å². The lowest BCUT2D eigenvalue weighted by atomic mass is 10.1. The SMILES string of the molecule is Cc1ccccc1CN1CCN(C(=O)NCc2ccncc2)CC1. The minimum atomic E-state index is 0.0161. The number of piperazine rings is 1. The Morgan fingerprint density at radius 2 is 1.79 bits per heavy atom. The molecule has 0 bridgehead atoms. The normalized spacial score (nSPS) is 15.3. The van der Waals surface area contributed by atoms with Gasteiger partial charge in [-0.2, -0.15) is 0 Å². The Morgan fingerprint density at radius 1 is 1.08 bits per heavy atom. The molecule has 5 heteroatoms. The number of amides is 2. The number of nitrogens with zero attached hydrogens (tertiary/aromatic N) is 3. The summed E-state index contributed by atoms with van der Waals surface area (Å²) in [6, 6.07) is 12.3. The summed E-state index contributed by atoms with van der Waals surface area (Å²) in [6.07, 6.45) is 3.48. The predicted molar refractivity (Wildman–Crippen MR) is 94.5 cm³/mol. The van der Waals surface area contributed by atoms with Crippen LogP contribution >= 0.6 is 0 Å². The van der Waals surface area contributed by atoms with Crippen LogP contribution in [0.3, 0.4) is 0 Å². The Labute approximate surface area is 143 Å². The Balaban J connectivity index is 1.44. The molecule has 0 atom stereocenters. The van der Waals surface area contributed by atoms with Crippen LogP contribution in [-0.2, 0) is 13.1 Å². The van der Waals surface area contributed by atoms with Gasteiger partial charge in [-0.3, -0.25) is 9.88 Å². The molecule has 126 valence electrons. The summed E-state index contributed by atoms with van der Waals surface area (Å²) in [7, 11) is 0. The number of hydrogen-bond donors (Lipinski definition) is 1. The summed E-state index contributed by atoms with van der Waals surface area (Å²) in [5.41, 5.74) is 3.76. The van der Waals surface area contributed by atoms with Gasteiger partial charge in [0.25, 0.3) is 0 Å². The van der Waals surface area contributed by atoms with Gasteiger partial charge in [-0.15, -0.1) is 0 Å². The summed E-state index contributed by atoms with van der Waals surface area (Å²) in [5.74, 6) is 0. The molecule has 24 heavy (non-hydrogen) atoms. The van der Waals surface area contributed by atoms with E-state index >= 15 is 0 Å². The molecule has 1 aliphatic rings. The van der Waals surface area contributed by atoms with Gasteiger partial charge in [-0.25, -0.2) is 4.79 Å². The summed E-state index contributed by atoms with van der Waals surface area (Å²) in [4.78, 5) is 20.6. The molecule has 2 heterocycles. The number of aromatic nitrogens is 1. The highest BCUT2D eigenvalue weighted by atomic mass is 16.2. The van der Waals surface area contributed by atoms with E-state index in [4.69, 9.17) is 0 Å². The average Bonchev–Trinajstić information content (AvgIpc) is 2.63. The second-order valence-electron chi connectivity index (χ2n) is 6.20. The zero-order valence-corrected chi connectivity index (χ0v) is 14.1. The summed E-state index contributed by atoms with van der Waals surface area (Å²) in [6.45, 7) is 7.03. The molecule has 0 unspecified atom stereocenters. The molecule has 1 aliphatic heterocycles. The van der Waals surface area contributed by atoms with E-state index in [2.05, 4.69) is 46.4 Å². The topological polar surface area (TPSA) is 48.5 Å².